The van der Waals surface area contributed by atoms with Crippen LogP contribution in [-0.4, -0.2) is 16.2 Å². The summed E-state index contributed by atoms with van der Waals surface area (Å²) in [5.41, 5.74) is 2.80. The van der Waals surface area contributed by atoms with Crippen molar-refractivity contribution in [1.29, 1.82) is 0 Å². The zero-order valence-electron chi connectivity index (χ0n) is 7.44. The van der Waals surface area contributed by atoms with Gasteiger partial charge in [-0.1, -0.05) is 12.6 Å². The first-order valence-corrected chi connectivity index (χ1v) is 4.63. The Morgan fingerprint density at radius 3 is 2.57 bits per heavy atom. The summed E-state index contributed by atoms with van der Waals surface area (Å²) in [5, 5.41) is 3.61. The molecule has 0 radical (unpaired) electrons. The SMILES string of the molecule is C.NNC1CCC(c2ncno2)CC1. The minimum Gasteiger partial charge on any atom is -0.339 e. The van der Waals surface area contributed by atoms with E-state index in [1.807, 2.05) is 0 Å². The molecule has 0 spiro atoms. The van der Waals surface area contributed by atoms with Crippen molar-refractivity contribution in [1.82, 2.24) is 15.6 Å². The van der Waals surface area contributed by atoms with Gasteiger partial charge in [0.1, 0.15) is 0 Å². The fourth-order valence-electron chi connectivity index (χ4n) is 1.87. The van der Waals surface area contributed by atoms with E-state index in [1.165, 1.54) is 6.33 Å². The smallest absolute Gasteiger partial charge is 0.229 e. The standard InChI is InChI=1S/C8H14N4O.CH4/c9-12-7-3-1-6(2-4-7)8-10-5-11-13-8;/h5-7,12H,1-4,9H2;1H4. The van der Waals surface area contributed by atoms with Crippen molar-refractivity contribution in [2.75, 3.05) is 0 Å². The number of hydrogen-bond donors (Lipinski definition) is 2. The third-order valence-electron chi connectivity index (χ3n) is 2.69. The summed E-state index contributed by atoms with van der Waals surface area (Å²) in [6.07, 6.45) is 5.80. The average molecular weight is 198 g/mol. The van der Waals surface area contributed by atoms with Crippen LogP contribution in [0.4, 0.5) is 0 Å². The molecule has 0 amide bonds. The zero-order valence-corrected chi connectivity index (χ0v) is 7.44. The molecule has 0 aliphatic heterocycles. The highest BCUT2D eigenvalue weighted by atomic mass is 16.5. The van der Waals surface area contributed by atoms with Crippen LogP contribution < -0.4 is 11.3 Å². The lowest BCUT2D eigenvalue weighted by molar-refractivity contribution is 0.284. The molecule has 5 nitrogen and oxygen atoms in total. The van der Waals surface area contributed by atoms with Gasteiger partial charge >= 0.3 is 0 Å². The second-order valence-corrected chi connectivity index (χ2v) is 3.49. The van der Waals surface area contributed by atoms with Crippen LogP contribution in [0.5, 0.6) is 0 Å². The lowest BCUT2D eigenvalue weighted by Gasteiger charge is -2.25. The molecule has 3 N–H and O–H groups in total. The third-order valence-corrected chi connectivity index (χ3v) is 2.69. The van der Waals surface area contributed by atoms with Gasteiger partial charge in [0, 0.05) is 12.0 Å². The zero-order chi connectivity index (χ0) is 9.10. The quantitative estimate of drug-likeness (QED) is 0.551. The number of nitrogens with zero attached hydrogens (tertiary/aromatic N) is 2. The number of aromatic nitrogens is 2. The molecule has 1 fully saturated rings. The normalized spacial score (nSPS) is 26.9. The molecule has 2 rings (SSSR count). The van der Waals surface area contributed by atoms with Crippen molar-refractivity contribution in [2.24, 2.45) is 5.84 Å². The second-order valence-electron chi connectivity index (χ2n) is 3.49. The Hall–Kier alpha value is -0.940. The Morgan fingerprint density at radius 1 is 1.36 bits per heavy atom. The molecule has 80 valence electrons. The molecule has 5 heteroatoms. The van der Waals surface area contributed by atoms with Crippen LogP contribution in [0.3, 0.4) is 0 Å². The van der Waals surface area contributed by atoms with E-state index in [4.69, 9.17) is 10.4 Å². The Morgan fingerprint density at radius 2 is 2.07 bits per heavy atom. The van der Waals surface area contributed by atoms with Crippen LogP contribution in [0, 0.1) is 0 Å². The summed E-state index contributed by atoms with van der Waals surface area (Å²) in [5.74, 6) is 6.58. The fraction of sp³-hybridized carbons (Fsp3) is 0.778. The van der Waals surface area contributed by atoms with Gasteiger partial charge in [-0.2, -0.15) is 4.98 Å². The molecule has 1 aliphatic rings. The first-order chi connectivity index (χ1) is 6.40. The van der Waals surface area contributed by atoms with Crippen LogP contribution in [0.2, 0.25) is 0 Å². The van der Waals surface area contributed by atoms with E-state index in [1.54, 1.807) is 0 Å². The largest absolute Gasteiger partial charge is 0.339 e. The molecule has 1 aromatic heterocycles. The Kier molecular flexibility index (Phi) is 4.03. The molecule has 1 heterocycles. The Balaban J connectivity index is 0.000000980. The maximum absolute atomic E-state index is 5.37. The highest BCUT2D eigenvalue weighted by Gasteiger charge is 2.24. The van der Waals surface area contributed by atoms with E-state index in [9.17, 15) is 0 Å². The summed E-state index contributed by atoms with van der Waals surface area (Å²) in [7, 11) is 0. The number of nitrogens with two attached hydrogens (primary N) is 1. The predicted octanol–water partition coefficient (Wildman–Crippen LogP) is 1.20. The van der Waals surface area contributed by atoms with Crippen LogP contribution >= 0.6 is 0 Å². The van der Waals surface area contributed by atoms with E-state index in [2.05, 4.69) is 15.6 Å². The first kappa shape index (κ1) is 11.1. The van der Waals surface area contributed by atoms with E-state index >= 15 is 0 Å². The van der Waals surface area contributed by atoms with E-state index in [0.717, 1.165) is 31.6 Å². The Bertz CT molecular complexity index is 241. The molecule has 1 saturated carbocycles. The number of hydrazine groups is 1. The van der Waals surface area contributed by atoms with Gasteiger partial charge in [0.15, 0.2) is 6.33 Å². The lowest BCUT2D eigenvalue weighted by Crippen LogP contribution is -2.37. The second kappa shape index (κ2) is 5.07. The maximum atomic E-state index is 5.37. The van der Waals surface area contributed by atoms with Gasteiger partial charge in [-0.05, 0) is 25.7 Å². The average Bonchev–Trinajstić information content (AvgIpc) is 2.71. The van der Waals surface area contributed by atoms with Gasteiger partial charge in [0.25, 0.3) is 0 Å². The molecule has 14 heavy (non-hydrogen) atoms. The molecule has 0 unspecified atom stereocenters. The summed E-state index contributed by atoms with van der Waals surface area (Å²) in [6.45, 7) is 0. The van der Waals surface area contributed by atoms with Gasteiger partial charge in [-0.15, -0.1) is 0 Å². The first-order valence-electron chi connectivity index (χ1n) is 4.63. The maximum Gasteiger partial charge on any atom is 0.229 e. The fourth-order valence-corrected chi connectivity index (χ4v) is 1.87. The van der Waals surface area contributed by atoms with E-state index < -0.39 is 0 Å². The van der Waals surface area contributed by atoms with Crippen LogP contribution in [0.15, 0.2) is 10.9 Å². The van der Waals surface area contributed by atoms with Gasteiger partial charge in [-0.25, -0.2) is 0 Å². The number of rotatable bonds is 2. The highest BCUT2D eigenvalue weighted by Crippen LogP contribution is 2.30. The number of nitrogens with one attached hydrogen (secondary N) is 1. The topological polar surface area (TPSA) is 77.0 Å². The molecule has 0 saturated heterocycles. The van der Waals surface area contributed by atoms with Crippen molar-refractivity contribution in [3.8, 4) is 0 Å². The van der Waals surface area contributed by atoms with E-state index in [0.29, 0.717) is 12.0 Å². The van der Waals surface area contributed by atoms with Crippen LogP contribution in [0.25, 0.3) is 0 Å². The summed E-state index contributed by atoms with van der Waals surface area (Å²) < 4.78 is 5.03. The van der Waals surface area contributed by atoms with Gasteiger partial charge in [0.05, 0.1) is 0 Å². The van der Waals surface area contributed by atoms with Crippen molar-refractivity contribution in [2.45, 2.75) is 45.1 Å². The summed E-state index contributed by atoms with van der Waals surface area (Å²) in [6, 6.07) is 0.458. The van der Waals surface area contributed by atoms with Crippen LogP contribution in [0.1, 0.15) is 44.9 Å². The monoisotopic (exact) mass is 198 g/mol. The molecule has 0 bridgehead atoms. The highest BCUT2D eigenvalue weighted by molar-refractivity contribution is 4.93. The molecule has 1 aromatic rings. The van der Waals surface area contributed by atoms with Crippen LogP contribution in [-0.2, 0) is 0 Å². The van der Waals surface area contributed by atoms with Crippen molar-refractivity contribution in [3.05, 3.63) is 12.2 Å². The summed E-state index contributed by atoms with van der Waals surface area (Å²) >= 11 is 0. The van der Waals surface area contributed by atoms with E-state index in [-0.39, 0.29) is 7.43 Å². The van der Waals surface area contributed by atoms with Gasteiger partial charge in [0.2, 0.25) is 5.89 Å². The van der Waals surface area contributed by atoms with Crippen molar-refractivity contribution < 1.29 is 4.52 Å². The lowest BCUT2D eigenvalue weighted by atomic mass is 9.86. The molecular formula is C9H18N4O. The van der Waals surface area contributed by atoms with Gasteiger partial charge in [-0.3, -0.25) is 11.3 Å². The third kappa shape index (κ3) is 2.30. The minimum atomic E-state index is 0. The van der Waals surface area contributed by atoms with Gasteiger partial charge < -0.3 is 4.52 Å². The predicted molar refractivity (Wildman–Crippen MR) is 53.3 cm³/mol. The van der Waals surface area contributed by atoms with Crippen molar-refractivity contribution in [3.63, 3.8) is 0 Å². The molecular weight excluding hydrogens is 180 g/mol. The summed E-state index contributed by atoms with van der Waals surface area (Å²) in [4.78, 5) is 4.06. The van der Waals surface area contributed by atoms with Crippen molar-refractivity contribution >= 4 is 0 Å². The molecule has 0 aromatic carbocycles. The Labute approximate surface area is 84.0 Å². The molecule has 0 atom stereocenters. The molecule has 1 aliphatic carbocycles. The minimum absolute atomic E-state index is 0. The number of hydrogen-bond acceptors (Lipinski definition) is 5.